The lowest BCUT2D eigenvalue weighted by molar-refractivity contribution is 0.0326. The Balaban J connectivity index is 1.76. The lowest BCUT2D eigenvalue weighted by Crippen LogP contribution is -2.55. The minimum Gasteiger partial charge on any atom is -0.377 e. The summed E-state index contributed by atoms with van der Waals surface area (Å²) in [6.07, 6.45) is 7.59. The van der Waals surface area contributed by atoms with E-state index in [1.54, 1.807) is 0 Å². The molecule has 1 heterocycles. The summed E-state index contributed by atoms with van der Waals surface area (Å²) in [4.78, 5) is 2.59. The summed E-state index contributed by atoms with van der Waals surface area (Å²) in [5, 5.41) is 3.74. The number of hydrogen-bond donors (Lipinski definition) is 1. The van der Waals surface area contributed by atoms with Crippen LogP contribution in [-0.2, 0) is 4.74 Å². The van der Waals surface area contributed by atoms with Crippen molar-refractivity contribution in [2.45, 2.75) is 58.1 Å². The Hall–Kier alpha value is -0.120. The van der Waals surface area contributed by atoms with Crippen molar-refractivity contribution in [2.24, 2.45) is 5.92 Å². The van der Waals surface area contributed by atoms with Gasteiger partial charge in [-0.15, -0.1) is 0 Å². The van der Waals surface area contributed by atoms with E-state index in [-0.39, 0.29) is 0 Å². The van der Waals surface area contributed by atoms with Crippen molar-refractivity contribution >= 4 is 0 Å². The molecule has 0 bridgehead atoms. The van der Waals surface area contributed by atoms with Crippen LogP contribution in [0, 0.1) is 5.92 Å². The first-order valence-electron chi connectivity index (χ1n) is 7.87. The maximum atomic E-state index is 5.66. The van der Waals surface area contributed by atoms with Crippen molar-refractivity contribution in [3.05, 3.63) is 0 Å². The summed E-state index contributed by atoms with van der Waals surface area (Å²) < 4.78 is 5.66. The number of hydrogen-bond acceptors (Lipinski definition) is 3. The van der Waals surface area contributed by atoms with Crippen molar-refractivity contribution in [1.29, 1.82) is 0 Å². The minimum absolute atomic E-state index is 0.375. The maximum Gasteiger partial charge on any atom is 0.0673 e. The number of nitrogens with one attached hydrogen (secondary N) is 1. The predicted octanol–water partition coefficient (Wildman–Crippen LogP) is 2.27. The van der Waals surface area contributed by atoms with Crippen LogP contribution >= 0.6 is 0 Å². The normalized spacial score (nSPS) is 29.3. The van der Waals surface area contributed by atoms with Crippen LogP contribution in [0.1, 0.15) is 46.0 Å². The highest BCUT2D eigenvalue weighted by Gasteiger charge is 2.28. The van der Waals surface area contributed by atoms with Crippen LogP contribution in [0.25, 0.3) is 0 Å². The summed E-state index contributed by atoms with van der Waals surface area (Å²) in [7, 11) is 0. The van der Waals surface area contributed by atoms with Gasteiger partial charge in [-0.1, -0.05) is 19.3 Å². The number of ether oxygens (including phenoxy) is 1. The van der Waals surface area contributed by atoms with E-state index in [0.717, 1.165) is 31.7 Å². The van der Waals surface area contributed by atoms with Gasteiger partial charge in [-0.05, 0) is 32.6 Å². The Morgan fingerprint density at radius 1 is 1.28 bits per heavy atom. The lowest BCUT2D eigenvalue weighted by Gasteiger charge is -2.40. The zero-order valence-corrected chi connectivity index (χ0v) is 12.2. The standard InChI is InChI=1S/C15H30N2O/c1-3-18-13(2)11-17-10-9-16-15(12-17)14-7-5-4-6-8-14/h13-16H,3-12H2,1-2H3. The zero-order chi connectivity index (χ0) is 12.8. The highest BCUT2D eigenvalue weighted by Crippen LogP contribution is 2.27. The van der Waals surface area contributed by atoms with Crippen molar-refractivity contribution in [2.75, 3.05) is 32.8 Å². The SMILES string of the molecule is CCOC(C)CN1CCNC(C2CCCCC2)C1. The monoisotopic (exact) mass is 254 g/mol. The Kier molecular flexibility index (Phi) is 5.93. The smallest absolute Gasteiger partial charge is 0.0673 e. The van der Waals surface area contributed by atoms with Crippen LogP contribution in [0.15, 0.2) is 0 Å². The van der Waals surface area contributed by atoms with Crippen LogP contribution in [0.2, 0.25) is 0 Å². The first kappa shape index (κ1) is 14.3. The van der Waals surface area contributed by atoms with E-state index in [2.05, 4.69) is 24.1 Å². The third kappa shape index (κ3) is 4.22. The summed E-state index contributed by atoms with van der Waals surface area (Å²) in [6, 6.07) is 0.730. The fourth-order valence-electron chi connectivity index (χ4n) is 3.56. The third-order valence-electron chi connectivity index (χ3n) is 4.47. The Labute approximate surface area is 112 Å². The number of nitrogens with zero attached hydrogens (tertiary/aromatic N) is 1. The quantitative estimate of drug-likeness (QED) is 0.814. The summed E-state index contributed by atoms with van der Waals surface area (Å²) in [5.74, 6) is 0.920. The second kappa shape index (κ2) is 7.46. The molecule has 1 saturated heterocycles. The molecule has 2 aliphatic rings. The van der Waals surface area contributed by atoms with Crippen molar-refractivity contribution in [3.63, 3.8) is 0 Å². The summed E-state index contributed by atoms with van der Waals surface area (Å²) in [6.45, 7) is 9.76. The van der Waals surface area contributed by atoms with Crippen LogP contribution < -0.4 is 5.32 Å². The van der Waals surface area contributed by atoms with Crippen LogP contribution in [-0.4, -0.2) is 49.8 Å². The molecule has 1 N–H and O–H groups in total. The summed E-state index contributed by atoms with van der Waals surface area (Å²) >= 11 is 0. The van der Waals surface area contributed by atoms with E-state index >= 15 is 0 Å². The van der Waals surface area contributed by atoms with Gasteiger partial charge in [-0.2, -0.15) is 0 Å². The highest BCUT2D eigenvalue weighted by atomic mass is 16.5. The molecule has 0 radical (unpaired) electrons. The van der Waals surface area contributed by atoms with Gasteiger partial charge < -0.3 is 10.1 Å². The highest BCUT2D eigenvalue weighted by molar-refractivity contribution is 4.86. The first-order chi connectivity index (χ1) is 8.79. The van der Waals surface area contributed by atoms with E-state index in [4.69, 9.17) is 4.74 Å². The van der Waals surface area contributed by atoms with Crippen molar-refractivity contribution < 1.29 is 4.74 Å². The molecule has 3 nitrogen and oxygen atoms in total. The summed E-state index contributed by atoms with van der Waals surface area (Å²) in [5.41, 5.74) is 0. The molecule has 2 rings (SSSR count). The molecule has 0 spiro atoms. The van der Waals surface area contributed by atoms with Gasteiger partial charge >= 0.3 is 0 Å². The number of rotatable bonds is 5. The number of piperazine rings is 1. The van der Waals surface area contributed by atoms with Crippen LogP contribution in [0.5, 0.6) is 0 Å². The molecule has 1 aliphatic heterocycles. The van der Waals surface area contributed by atoms with Gasteiger partial charge in [0.1, 0.15) is 0 Å². The molecule has 0 aromatic rings. The van der Waals surface area contributed by atoms with Crippen molar-refractivity contribution in [3.8, 4) is 0 Å². The molecule has 3 heteroatoms. The molecule has 1 aliphatic carbocycles. The third-order valence-corrected chi connectivity index (χ3v) is 4.47. The fourth-order valence-corrected chi connectivity index (χ4v) is 3.56. The second-order valence-electron chi connectivity index (χ2n) is 5.98. The van der Waals surface area contributed by atoms with Gasteiger partial charge in [-0.3, -0.25) is 4.90 Å². The maximum absolute atomic E-state index is 5.66. The molecule has 2 fully saturated rings. The van der Waals surface area contributed by atoms with E-state index in [9.17, 15) is 0 Å². The van der Waals surface area contributed by atoms with Crippen LogP contribution in [0.4, 0.5) is 0 Å². The van der Waals surface area contributed by atoms with Crippen molar-refractivity contribution in [1.82, 2.24) is 10.2 Å². The molecule has 106 valence electrons. The van der Waals surface area contributed by atoms with Gasteiger partial charge in [0.2, 0.25) is 0 Å². The average molecular weight is 254 g/mol. The largest absolute Gasteiger partial charge is 0.377 e. The molecule has 1 saturated carbocycles. The van der Waals surface area contributed by atoms with E-state index in [1.807, 2.05) is 0 Å². The molecular weight excluding hydrogens is 224 g/mol. The molecule has 0 amide bonds. The molecule has 0 aromatic heterocycles. The fraction of sp³-hybridized carbons (Fsp3) is 1.00. The molecule has 18 heavy (non-hydrogen) atoms. The molecular formula is C15H30N2O. The minimum atomic E-state index is 0.375. The van der Waals surface area contributed by atoms with Gasteiger partial charge in [-0.25, -0.2) is 0 Å². The molecule has 0 aromatic carbocycles. The molecule has 2 unspecified atom stereocenters. The Morgan fingerprint density at radius 2 is 2.06 bits per heavy atom. The molecule has 2 atom stereocenters. The Morgan fingerprint density at radius 3 is 2.78 bits per heavy atom. The average Bonchev–Trinajstić information content (AvgIpc) is 2.40. The second-order valence-corrected chi connectivity index (χ2v) is 5.98. The van der Waals surface area contributed by atoms with E-state index < -0.39 is 0 Å². The van der Waals surface area contributed by atoms with Crippen LogP contribution in [0.3, 0.4) is 0 Å². The van der Waals surface area contributed by atoms with Gasteiger partial charge in [0.15, 0.2) is 0 Å². The van der Waals surface area contributed by atoms with Gasteiger partial charge in [0.05, 0.1) is 6.10 Å². The lowest BCUT2D eigenvalue weighted by atomic mass is 9.83. The van der Waals surface area contributed by atoms with Gasteiger partial charge in [0.25, 0.3) is 0 Å². The Bertz CT molecular complexity index is 229. The topological polar surface area (TPSA) is 24.5 Å². The zero-order valence-electron chi connectivity index (χ0n) is 12.2. The van der Waals surface area contributed by atoms with E-state index in [1.165, 1.54) is 45.2 Å². The predicted molar refractivity (Wildman–Crippen MR) is 75.9 cm³/mol. The van der Waals surface area contributed by atoms with Gasteiger partial charge in [0, 0.05) is 38.8 Å². The van der Waals surface area contributed by atoms with E-state index in [0.29, 0.717) is 6.10 Å². The first-order valence-corrected chi connectivity index (χ1v) is 7.87.